The van der Waals surface area contributed by atoms with Gasteiger partial charge in [0.1, 0.15) is 6.10 Å². The summed E-state index contributed by atoms with van der Waals surface area (Å²) in [6, 6.07) is 0. The maximum absolute atomic E-state index is 11.3. The summed E-state index contributed by atoms with van der Waals surface area (Å²) in [5, 5.41) is 0. The lowest BCUT2D eigenvalue weighted by atomic mass is 9.50. The summed E-state index contributed by atoms with van der Waals surface area (Å²) < 4.78 is 36.9. The fourth-order valence-corrected chi connectivity index (χ4v) is 24.8. The molecule has 18 bridgehead atoms. The molecular weight excluding hydrogens is 1090 g/mol. The van der Waals surface area contributed by atoms with E-state index in [0.717, 1.165) is 139 Å². The van der Waals surface area contributed by atoms with Crippen LogP contribution in [0.4, 0.5) is 0 Å². The molecule has 19 aliphatic rings. The fraction of sp³-hybridized carbons (Fsp3) is 0.797. The van der Waals surface area contributed by atoms with E-state index in [0.29, 0.717) is 35.6 Å². The second kappa shape index (κ2) is 30.7. The van der Waals surface area contributed by atoms with Crippen LogP contribution in [0.3, 0.4) is 0 Å². The van der Waals surface area contributed by atoms with Gasteiger partial charge in [0.25, 0.3) is 0 Å². The molecule has 9 nitrogen and oxygen atoms in total. The van der Waals surface area contributed by atoms with Crippen molar-refractivity contribution in [2.45, 2.75) is 231 Å². The highest BCUT2D eigenvalue weighted by Gasteiger charge is 2.62. The van der Waals surface area contributed by atoms with Crippen LogP contribution in [-0.4, -0.2) is 50.6 Å². The lowest BCUT2D eigenvalue weighted by Gasteiger charge is -2.56. The first-order chi connectivity index (χ1) is 42.9. The van der Waals surface area contributed by atoms with Crippen molar-refractivity contribution in [1.29, 1.82) is 0 Å². The summed E-state index contributed by atoms with van der Waals surface area (Å²) in [4.78, 5) is 22.5. The first-order valence-electron chi connectivity index (χ1n) is 36.7. The van der Waals surface area contributed by atoms with Crippen molar-refractivity contribution in [2.24, 2.45) is 135 Å². The number of carbonyl (C=O) groups is 2. The standard InChI is InChI=1S/C15H22O.C14H20O2.C13H20O.C10H14O2.C10H16O.C9H14O.C8H14O/c1-2-16-8-12-6-11-7-13(12)15-10-4-3-9(5-10)14(11)15;1-2-13(15)16-9-14-6-10-3-11(7-14)5-12(4-10)8-14;1-2-14-9-13-6-10-3-11(7-13)5-12(4-10)8-13;1-2-12-10(11)9-6-7-3-4-8(9)5-7;1-2-11-7-10-6-8-3-4-9(10)5-8;1-2-10-9-6-7-3-4-8(9)5-7;1-2-9-8-6-4-3-5-7-8/h2,9-15H,1,3-8H2;2,10-12H,1,3-9H2;2,10-12H,1,3-9H2;2,7-9H,1,3-6H2;2,8-10H,1,3-7H2;2,7-9H,1,3-6H2;2,8H,1,3-7H2. The van der Waals surface area contributed by atoms with Crippen LogP contribution < -0.4 is 0 Å². The van der Waals surface area contributed by atoms with Gasteiger partial charge in [-0.25, -0.2) is 4.79 Å². The van der Waals surface area contributed by atoms with E-state index >= 15 is 0 Å². The molecule has 19 rings (SSSR count). The van der Waals surface area contributed by atoms with Crippen molar-refractivity contribution in [3.8, 4) is 0 Å². The van der Waals surface area contributed by atoms with Crippen LogP contribution in [0.15, 0.2) is 89.7 Å². The normalized spacial score (nSPS) is 43.7. The molecule has 0 heterocycles. The number of hydrogen-bond acceptors (Lipinski definition) is 9. The van der Waals surface area contributed by atoms with E-state index in [9.17, 15) is 9.59 Å². The number of ether oxygens (including phenoxy) is 7. The number of rotatable bonds is 18. The van der Waals surface area contributed by atoms with Gasteiger partial charge in [0.15, 0.2) is 0 Å². The molecule has 9 heteroatoms. The number of hydrogen-bond donors (Lipinski definition) is 0. The Hall–Kier alpha value is -3.88. The second-order valence-electron chi connectivity index (χ2n) is 32.7. The molecule has 0 radical (unpaired) electrons. The topological polar surface area (TPSA) is 98.8 Å². The summed E-state index contributed by atoms with van der Waals surface area (Å²) in [6.07, 6.45) is 59.0. The molecule has 19 saturated carbocycles. The van der Waals surface area contributed by atoms with Crippen LogP contribution in [-0.2, 0) is 42.7 Å². The molecule has 16 unspecified atom stereocenters. The zero-order valence-electron chi connectivity index (χ0n) is 54.8. The molecule has 0 aromatic rings. The van der Waals surface area contributed by atoms with Crippen LogP contribution in [0.25, 0.3) is 0 Å². The minimum absolute atomic E-state index is 0.0581. The van der Waals surface area contributed by atoms with Gasteiger partial charge in [0.2, 0.25) is 0 Å². The van der Waals surface area contributed by atoms with E-state index in [1.54, 1.807) is 50.6 Å². The second-order valence-corrected chi connectivity index (χ2v) is 32.7. The van der Waals surface area contributed by atoms with Crippen LogP contribution in [0.2, 0.25) is 0 Å². The van der Waals surface area contributed by atoms with Gasteiger partial charge < -0.3 is 33.2 Å². The largest absolute Gasteiger partial charge is 0.502 e. The molecule has 0 aromatic carbocycles. The Bertz CT molecular complexity index is 2260. The van der Waals surface area contributed by atoms with Crippen molar-refractivity contribution in [1.82, 2.24) is 0 Å². The smallest absolute Gasteiger partial charge is 0.330 e. The van der Waals surface area contributed by atoms with Gasteiger partial charge in [-0.15, -0.1) is 0 Å². The van der Waals surface area contributed by atoms with Gasteiger partial charge in [0, 0.05) is 16.9 Å². The van der Waals surface area contributed by atoms with E-state index < -0.39 is 0 Å². The van der Waals surface area contributed by atoms with E-state index in [4.69, 9.17) is 33.2 Å². The van der Waals surface area contributed by atoms with Crippen molar-refractivity contribution in [3.05, 3.63) is 89.7 Å². The highest BCUT2D eigenvalue weighted by atomic mass is 16.5. The fourth-order valence-electron chi connectivity index (χ4n) is 24.8. The predicted molar refractivity (Wildman–Crippen MR) is 351 cm³/mol. The Kier molecular flexibility index (Phi) is 22.9. The molecule has 19 aliphatic carbocycles. The van der Waals surface area contributed by atoms with Crippen molar-refractivity contribution in [2.75, 3.05) is 26.4 Å². The first-order valence-corrected chi connectivity index (χ1v) is 36.7. The molecule has 19 fully saturated rings. The highest BCUT2D eigenvalue weighted by molar-refractivity contribution is 5.81. The quantitative estimate of drug-likeness (QED) is 0.0575. The van der Waals surface area contributed by atoms with E-state index in [-0.39, 0.29) is 17.9 Å². The summed E-state index contributed by atoms with van der Waals surface area (Å²) in [5.41, 5.74) is 0.899. The van der Waals surface area contributed by atoms with Gasteiger partial charge in [-0.3, -0.25) is 4.79 Å². The Morgan fingerprint density at radius 2 is 0.898 bits per heavy atom. The predicted octanol–water partition coefficient (Wildman–Crippen LogP) is 19.3. The molecule has 0 N–H and O–H groups in total. The van der Waals surface area contributed by atoms with Gasteiger partial charge in [-0.05, 0) is 317 Å². The van der Waals surface area contributed by atoms with E-state index in [1.807, 2.05) is 0 Å². The average Bonchev–Trinajstić information content (AvgIpc) is 1.49. The molecule has 0 aromatic heterocycles. The molecule has 0 saturated heterocycles. The van der Waals surface area contributed by atoms with Gasteiger partial charge >= 0.3 is 11.9 Å². The number of carbonyl (C=O) groups excluding carboxylic acids is 2. The number of fused-ring (bicyclic) bond motifs is 15. The highest BCUT2D eigenvalue weighted by Crippen LogP contribution is 2.69. The molecule has 490 valence electrons. The molecule has 0 aliphatic heterocycles. The third-order valence-electron chi connectivity index (χ3n) is 27.2. The minimum atomic E-state index is -0.254. The maximum atomic E-state index is 11.3. The summed E-state index contributed by atoms with van der Waals surface area (Å²) in [5.74, 6) is 19.3. The monoisotopic (exact) mass is 1210 g/mol. The Balaban J connectivity index is 0.000000107. The summed E-state index contributed by atoms with van der Waals surface area (Å²) >= 11 is 0. The number of esters is 2. The van der Waals surface area contributed by atoms with E-state index in [1.165, 1.54) is 205 Å². The van der Waals surface area contributed by atoms with Crippen LogP contribution in [0.5, 0.6) is 0 Å². The third kappa shape index (κ3) is 15.9. The van der Waals surface area contributed by atoms with Crippen molar-refractivity contribution >= 4 is 11.9 Å². The minimum Gasteiger partial charge on any atom is -0.502 e. The SMILES string of the molecule is C=CC(=O)OCC12CC3CC(CC(C3)C1)C2.C=COC(=O)C1CC2CCC1C2.C=COC1CC2CCC1C2.C=COC1CCCCC1.C=COCC12CC3CC(CC(C3)C1)C2.C=COCC1CC2CC1C1C3CCC(C3)C21.C=COCC1CC2CCC1C2. The lowest BCUT2D eigenvalue weighted by Crippen LogP contribution is -2.48. The van der Waals surface area contributed by atoms with Crippen LogP contribution >= 0.6 is 0 Å². The zero-order valence-corrected chi connectivity index (χ0v) is 54.8. The summed E-state index contributed by atoms with van der Waals surface area (Å²) in [7, 11) is 0. The molecule has 0 spiro atoms. The average molecular weight is 1210 g/mol. The first kappa shape index (κ1) is 65.6. The Morgan fingerprint density at radius 1 is 0.386 bits per heavy atom. The van der Waals surface area contributed by atoms with Gasteiger partial charge in [-0.1, -0.05) is 65.3 Å². The van der Waals surface area contributed by atoms with E-state index in [2.05, 4.69) is 46.1 Å². The molecule has 0 amide bonds. The Morgan fingerprint density at radius 3 is 1.38 bits per heavy atom. The van der Waals surface area contributed by atoms with Crippen LogP contribution in [0, 0.1) is 135 Å². The zero-order chi connectivity index (χ0) is 61.2. The van der Waals surface area contributed by atoms with Gasteiger partial charge in [0.05, 0.1) is 76.0 Å². The molecule has 88 heavy (non-hydrogen) atoms. The maximum Gasteiger partial charge on any atom is 0.330 e. The third-order valence-corrected chi connectivity index (χ3v) is 27.2. The Labute approximate surface area is 533 Å². The lowest BCUT2D eigenvalue weighted by molar-refractivity contribution is -0.149. The van der Waals surface area contributed by atoms with Crippen LogP contribution in [0.1, 0.15) is 218 Å². The molecule has 16 atom stereocenters. The van der Waals surface area contributed by atoms with Gasteiger partial charge in [-0.2, -0.15) is 0 Å². The van der Waals surface area contributed by atoms with Crippen molar-refractivity contribution in [3.63, 3.8) is 0 Å². The molecular formula is C79H120O9. The van der Waals surface area contributed by atoms with Crippen molar-refractivity contribution < 1.29 is 42.7 Å². The summed E-state index contributed by atoms with van der Waals surface area (Å²) in [6.45, 7) is 28.3.